The first kappa shape index (κ1) is 20.1. The predicted molar refractivity (Wildman–Crippen MR) is 99.2 cm³/mol. The van der Waals surface area contributed by atoms with Gasteiger partial charge in [-0.3, -0.25) is 4.79 Å². The van der Waals surface area contributed by atoms with Gasteiger partial charge in [0.05, 0.1) is 6.26 Å². The fourth-order valence-corrected chi connectivity index (χ4v) is 4.40. The summed E-state index contributed by atoms with van der Waals surface area (Å²) in [6.45, 7) is 5.09. The number of hydrogen-bond donors (Lipinski definition) is 1. The van der Waals surface area contributed by atoms with Crippen molar-refractivity contribution in [3.8, 4) is 0 Å². The molecule has 7 nitrogen and oxygen atoms in total. The van der Waals surface area contributed by atoms with Gasteiger partial charge in [0, 0.05) is 36.9 Å². The van der Waals surface area contributed by atoms with E-state index in [0.717, 1.165) is 22.1 Å². The van der Waals surface area contributed by atoms with Gasteiger partial charge in [0.2, 0.25) is 15.9 Å². The molecule has 0 aromatic carbocycles. The van der Waals surface area contributed by atoms with Crippen LogP contribution in [0.25, 0.3) is 0 Å². The molecular formula is C16H26N4O3S2. The fraction of sp³-hybridized carbons (Fsp3) is 0.688. The van der Waals surface area contributed by atoms with E-state index >= 15 is 0 Å². The largest absolute Gasteiger partial charge is 0.343 e. The molecule has 0 aliphatic carbocycles. The Morgan fingerprint density at radius 1 is 1.24 bits per heavy atom. The first-order valence-electron chi connectivity index (χ1n) is 8.32. The minimum absolute atomic E-state index is 0.0731. The SMILES string of the molecule is CSc1nc(C)c(CCC(=O)N2CCC(NS(C)(=O)=O)CC2)c(C)n1. The van der Waals surface area contributed by atoms with Gasteiger partial charge in [0.15, 0.2) is 5.16 Å². The van der Waals surface area contributed by atoms with Gasteiger partial charge in [0.1, 0.15) is 0 Å². The first-order valence-corrected chi connectivity index (χ1v) is 11.4. The number of carbonyl (C=O) groups is 1. The van der Waals surface area contributed by atoms with E-state index in [4.69, 9.17) is 0 Å². The molecule has 0 radical (unpaired) electrons. The lowest BCUT2D eigenvalue weighted by molar-refractivity contribution is -0.132. The number of carbonyl (C=O) groups excluding carboxylic acids is 1. The number of aromatic nitrogens is 2. The Kier molecular flexibility index (Phi) is 6.81. The molecule has 1 aromatic heterocycles. The molecule has 1 N–H and O–H groups in total. The third-order valence-electron chi connectivity index (χ3n) is 4.40. The third-order valence-corrected chi connectivity index (χ3v) is 5.71. The lowest BCUT2D eigenvalue weighted by Crippen LogP contribution is -2.46. The highest BCUT2D eigenvalue weighted by molar-refractivity contribution is 7.98. The van der Waals surface area contributed by atoms with Crippen molar-refractivity contribution < 1.29 is 13.2 Å². The molecule has 0 saturated carbocycles. The average Bonchev–Trinajstić information content (AvgIpc) is 2.52. The Labute approximate surface area is 154 Å². The van der Waals surface area contributed by atoms with Gasteiger partial charge in [0.25, 0.3) is 0 Å². The number of nitrogens with zero attached hydrogens (tertiary/aromatic N) is 3. The zero-order valence-corrected chi connectivity index (χ0v) is 16.8. The van der Waals surface area contributed by atoms with Crippen molar-refractivity contribution in [2.24, 2.45) is 0 Å². The highest BCUT2D eigenvalue weighted by atomic mass is 32.2. The number of amides is 1. The molecule has 0 spiro atoms. The number of hydrogen-bond acceptors (Lipinski definition) is 6. The fourth-order valence-electron chi connectivity index (χ4n) is 3.10. The van der Waals surface area contributed by atoms with Gasteiger partial charge in [-0.15, -0.1) is 0 Å². The highest BCUT2D eigenvalue weighted by Gasteiger charge is 2.24. The summed E-state index contributed by atoms with van der Waals surface area (Å²) < 4.78 is 25.2. The standard InChI is InChI=1S/C16H26N4O3S2/c1-11-14(12(2)18-16(17-11)24-3)5-6-15(21)20-9-7-13(8-10-20)19-25(4,22)23/h13,19H,5-10H2,1-4H3. The van der Waals surface area contributed by atoms with Gasteiger partial charge < -0.3 is 4.90 Å². The van der Waals surface area contributed by atoms with Crippen LogP contribution in [0.4, 0.5) is 0 Å². The van der Waals surface area contributed by atoms with Crippen molar-refractivity contribution in [1.82, 2.24) is 19.6 Å². The van der Waals surface area contributed by atoms with Gasteiger partial charge >= 0.3 is 0 Å². The van der Waals surface area contributed by atoms with Crippen molar-refractivity contribution in [2.75, 3.05) is 25.6 Å². The summed E-state index contributed by atoms with van der Waals surface area (Å²) in [4.78, 5) is 23.2. The number of likely N-dealkylation sites (tertiary alicyclic amines) is 1. The Morgan fingerprint density at radius 3 is 2.28 bits per heavy atom. The van der Waals surface area contributed by atoms with Crippen LogP contribution in [0.15, 0.2) is 5.16 Å². The molecule has 0 bridgehead atoms. The minimum Gasteiger partial charge on any atom is -0.343 e. The van der Waals surface area contributed by atoms with Crippen molar-refractivity contribution in [3.05, 3.63) is 17.0 Å². The van der Waals surface area contributed by atoms with E-state index in [2.05, 4.69) is 14.7 Å². The van der Waals surface area contributed by atoms with Crippen molar-refractivity contribution in [2.45, 2.75) is 50.7 Å². The number of aryl methyl sites for hydroxylation is 2. The summed E-state index contributed by atoms with van der Waals surface area (Å²) in [6.07, 6.45) is 5.48. The lowest BCUT2D eigenvalue weighted by Gasteiger charge is -2.32. The molecule has 1 amide bonds. The maximum absolute atomic E-state index is 12.5. The molecular weight excluding hydrogens is 360 g/mol. The van der Waals surface area contributed by atoms with E-state index in [1.54, 1.807) is 0 Å². The summed E-state index contributed by atoms with van der Waals surface area (Å²) >= 11 is 1.51. The molecule has 140 valence electrons. The van der Waals surface area contributed by atoms with Gasteiger partial charge in [-0.25, -0.2) is 23.1 Å². The lowest BCUT2D eigenvalue weighted by atomic mass is 10.0. The van der Waals surface area contributed by atoms with Crippen LogP contribution < -0.4 is 4.72 Å². The number of piperidine rings is 1. The smallest absolute Gasteiger partial charge is 0.222 e. The molecule has 25 heavy (non-hydrogen) atoms. The Balaban J connectivity index is 1.88. The molecule has 1 aromatic rings. The van der Waals surface area contributed by atoms with E-state index in [1.165, 1.54) is 18.0 Å². The van der Waals surface area contributed by atoms with Crippen LogP contribution in [0.2, 0.25) is 0 Å². The molecule has 0 atom stereocenters. The monoisotopic (exact) mass is 386 g/mol. The van der Waals surface area contributed by atoms with Crippen LogP contribution in [0.5, 0.6) is 0 Å². The molecule has 9 heteroatoms. The molecule has 1 aliphatic rings. The van der Waals surface area contributed by atoms with Crippen LogP contribution in [-0.4, -0.2) is 60.8 Å². The summed E-state index contributed by atoms with van der Waals surface area (Å²) in [5.74, 6) is 0.102. The molecule has 1 saturated heterocycles. The summed E-state index contributed by atoms with van der Waals surface area (Å²) in [7, 11) is -3.19. The zero-order valence-electron chi connectivity index (χ0n) is 15.2. The second-order valence-electron chi connectivity index (χ2n) is 6.40. The number of nitrogens with one attached hydrogen (secondary N) is 1. The van der Waals surface area contributed by atoms with Crippen molar-refractivity contribution in [1.29, 1.82) is 0 Å². The quantitative estimate of drug-likeness (QED) is 0.585. The minimum atomic E-state index is -3.19. The van der Waals surface area contributed by atoms with Crippen molar-refractivity contribution >= 4 is 27.7 Å². The zero-order chi connectivity index (χ0) is 18.6. The maximum atomic E-state index is 12.5. The Morgan fingerprint density at radius 2 is 1.80 bits per heavy atom. The predicted octanol–water partition coefficient (Wildman–Crippen LogP) is 1.29. The molecule has 1 aliphatic heterocycles. The van der Waals surface area contributed by atoms with Crippen molar-refractivity contribution in [3.63, 3.8) is 0 Å². The average molecular weight is 387 g/mol. The number of sulfonamides is 1. The summed E-state index contributed by atoms with van der Waals surface area (Å²) in [6, 6.07) is -0.0731. The van der Waals surface area contributed by atoms with Crippen LogP contribution in [0.1, 0.15) is 36.2 Å². The molecule has 1 fully saturated rings. The molecule has 2 rings (SSSR count). The van der Waals surface area contributed by atoms with Gasteiger partial charge in [-0.05, 0) is 44.9 Å². The van der Waals surface area contributed by atoms with Crippen LogP contribution in [0, 0.1) is 13.8 Å². The summed E-state index contributed by atoms with van der Waals surface area (Å²) in [5.41, 5.74) is 2.90. The van der Waals surface area contributed by atoms with E-state index in [1.807, 2.05) is 25.0 Å². The second kappa shape index (κ2) is 8.46. The highest BCUT2D eigenvalue weighted by Crippen LogP contribution is 2.18. The van der Waals surface area contributed by atoms with Crippen LogP contribution in [-0.2, 0) is 21.2 Å². The Hall–Kier alpha value is -1.19. The Bertz CT molecular complexity index is 706. The van der Waals surface area contributed by atoms with E-state index in [0.29, 0.717) is 38.8 Å². The summed E-state index contributed by atoms with van der Waals surface area (Å²) in [5, 5.41) is 0.755. The van der Waals surface area contributed by atoms with Crippen LogP contribution >= 0.6 is 11.8 Å². The topological polar surface area (TPSA) is 92.3 Å². The number of thioether (sulfide) groups is 1. The second-order valence-corrected chi connectivity index (χ2v) is 8.96. The van der Waals surface area contributed by atoms with Gasteiger partial charge in [-0.2, -0.15) is 0 Å². The van der Waals surface area contributed by atoms with E-state index < -0.39 is 10.0 Å². The third kappa shape index (κ3) is 5.93. The van der Waals surface area contributed by atoms with E-state index in [9.17, 15) is 13.2 Å². The molecule has 2 heterocycles. The van der Waals surface area contributed by atoms with Crippen LogP contribution in [0.3, 0.4) is 0 Å². The normalized spacial score (nSPS) is 16.2. The number of rotatable bonds is 6. The van der Waals surface area contributed by atoms with E-state index in [-0.39, 0.29) is 11.9 Å². The molecule has 0 unspecified atom stereocenters. The first-order chi connectivity index (χ1) is 11.7. The van der Waals surface area contributed by atoms with Gasteiger partial charge in [-0.1, -0.05) is 11.8 Å². The maximum Gasteiger partial charge on any atom is 0.222 e.